The highest BCUT2D eigenvalue weighted by molar-refractivity contribution is 6.07. The third-order valence-corrected chi connectivity index (χ3v) is 12.2. The number of unbranched alkanes of at least 4 members (excludes halogenated alkanes) is 2. The van der Waals surface area contributed by atoms with E-state index in [1.165, 1.54) is 75.1 Å². The summed E-state index contributed by atoms with van der Waals surface area (Å²) in [5, 5.41) is 5.69. The number of fused-ring (bicyclic) bond motifs is 6. The fourth-order valence-electron chi connectivity index (χ4n) is 9.02. The molecule has 9 heteroatoms. The van der Waals surface area contributed by atoms with E-state index in [9.17, 15) is 14.4 Å². The molecule has 8 nitrogen and oxygen atoms in total. The lowest BCUT2D eigenvalue weighted by molar-refractivity contribution is -0.401. The Morgan fingerprint density at radius 3 is 1.95 bits per heavy atom. The van der Waals surface area contributed by atoms with Gasteiger partial charge >= 0.3 is 5.97 Å². The molecule has 0 saturated carbocycles. The summed E-state index contributed by atoms with van der Waals surface area (Å²) in [6, 6.07) is 26.1. The fourth-order valence-corrected chi connectivity index (χ4v) is 9.02. The highest BCUT2D eigenvalue weighted by atomic mass is 35.5. The number of halogens is 1. The summed E-state index contributed by atoms with van der Waals surface area (Å²) >= 11 is 0. The van der Waals surface area contributed by atoms with Gasteiger partial charge in [-0.25, -0.2) is 4.79 Å². The van der Waals surface area contributed by atoms with Crippen LogP contribution in [-0.4, -0.2) is 71.3 Å². The average Bonchev–Trinajstić information content (AvgIpc) is 3.73. The van der Waals surface area contributed by atoms with Crippen molar-refractivity contribution in [3.8, 4) is 0 Å². The zero-order chi connectivity index (χ0) is 41.6. The first-order valence-electron chi connectivity index (χ1n) is 21.1. The van der Waals surface area contributed by atoms with Crippen molar-refractivity contribution in [2.24, 2.45) is 0 Å². The first-order chi connectivity index (χ1) is 27.8. The highest BCUT2D eigenvalue weighted by Crippen LogP contribution is 2.51. The molecule has 4 aromatic carbocycles. The van der Waals surface area contributed by atoms with Crippen molar-refractivity contribution < 1.29 is 36.2 Å². The maximum Gasteiger partial charge on any atom is 0.333 e. The van der Waals surface area contributed by atoms with Gasteiger partial charge in [-0.1, -0.05) is 114 Å². The van der Waals surface area contributed by atoms with Gasteiger partial charge in [-0.05, 0) is 91.6 Å². The van der Waals surface area contributed by atoms with Crippen molar-refractivity contribution >= 4 is 56.4 Å². The molecule has 312 valence electrons. The van der Waals surface area contributed by atoms with E-state index in [1.807, 2.05) is 0 Å². The number of carbonyl (C=O) groups is 3. The number of benzene rings is 4. The Labute approximate surface area is 357 Å². The van der Waals surface area contributed by atoms with E-state index in [0.29, 0.717) is 11.5 Å². The highest BCUT2D eigenvalue weighted by Gasteiger charge is 2.44. The van der Waals surface area contributed by atoms with Crippen LogP contribution in [0.5, 0.6) is 0 Å². The van der Waals surface area contributed by atoms with Crippen molar-refractivity contribution in [1.29, 1.82) is 0 Å². The fraction of sp³-hybridized carbons (Fsp3) is 0.400. The Kier molecular flexibility index (Phi) is 14.8. The van der Waals surface area contributed by atoms with Crippen LogP contribution < -0.4 is 17.3 Å². The molecular formula is C50H61ClN4O4. The van der Waals surface area contributed by atoms with E-state index in [-0.39, 0.29) is 42.5 Å². The first-order valence-corrected chi connectivity index (χ1v) is 21.1. The van der Waals surface area contributed by atoms with Gasteiger partial charge in [0.15, 0.2) is 5.71 Å². The van der Waals surface area contributed by atoms with Gasteiger partial charge in [-0.2, -0.15) is 4.58 Å². The number of hydroxylamine groups is 2. The zero-order valence-electron chi connectivity index (χ0n) is 36.2. The van der Waals surface area contributed by atoms with Crippen LogP contribution in [0.15, 0.2) is 109 Å². The second-order valence-corrected chi connectivity index (χ2v) is 16.5. The minimum atomic E-state index is -0.543. The van der Waals surface area contributed by atoms with Crippen LogP contribution in [0.3, 0.4) is 0 Å². The number of amides is 2. The van der Waals surface area contributed by atoms with Crippen molar-refractivity contribution in [2.75, 3.05) is 38.1 Å². The SMILES string of the molecule is CCN(CC)CC.C[N+]1=C(/C=C/C=C/C=C2\N(CCCCCC(=O)ON3C(=O)CCC3=O)c3ccc4ccccc4c3C2(C)C)C(C)(C)c2c1ccc1ccccc21.[Cl-]. The number of nitrogens with zero attached hydrogens (tertiary/aromatic N) is 4. The number of hydrogen-bond acceptors (Lipinski definition) is 6. The lowest BCUT2D eigenvalue weighted by atomic mass is 9.79. The quantitative estimate of drug-likeness (QED) is 0.0611. The predicted molar refractivity (Wildman–Crippen MR) is 238 cm³/mol. The molecule has 3 aliphatic heterocycles. The Bertz CT molecular complexity index is 2290. The maximum atomic E-state index is 12.3. The summed E-state index contributed by atoms with van der Waals surface area (Å²) in [7, 11) is 2.16. The summed E-state index contributed by atoms with van der Waals surface area (Å²) in [4.78, 5) is 45.8. The zero-order valence-corrected chi connectivity index (χ0v) is 36.9. The number of allylic oxidation sites excluding steroid dienone is 6. The predicted octanol–water partition coefficient (Wildman–Crippen LogP) is 7.31. The summed E-state index contributed by atoms with van der Waals surface area (Å²) < 4.78 is 2.32. The number of hydrogen-bond donors (Lipinski definition) is 0. The molecule has 0 aliphatic carbocycles. The van der Waals surface area contributed by atoms with Crippen LogP contribution in [0.4, 0.5) is 11.4 Å². The Hall–Kier alpha value is -5.05. The molecule has 3 aliphatic rings. The van der Waals surface area contributed by atoms with Gasteiger partial charge in [0.1, 0.15) is 7.05 Å². The molecule has 3 heterocycles. The minimum absolute atomic E-state index is 0. The Balaban J connectivity index is 0.000000760. The van der Waals surface area contributed by atoms with Gasteiger partial charge < -0.3 is 27.0 Å². The molecule has 7 rings (SSSR count). The van der Waals surface area contributed by atoms with E-state index in [4.69, 9.17) is 4.84 Å². The molecule has 0 bridgehead atoms. The standard InChI is InChI=1S/C44H46N3O4.C6H15N.ClH/c1-43(2)36(45(5)34-25-23-30-16-11-13-18-32(30)41(34)43)20-8-6-9-21-37-44(3,4)42-33-19-14-12-17-31(33)24-26-35(42)46(37)29-15-7-10-22-40(50)51-47-38(48)27-28-39(47)49;1-4-7(5-2)6-3;/h6,8-9,11-14,16-21,23-26H,7,10,15,22,27-29H2,1-5H3;4-6H2,1-3H3;1H/q+1;;/p-1. The van der Waals surface area contributed by atoms with Gasteiger partial charge in [-0.3, -0.25) is 9.59 Å². The molecule has 4 aromatic rings. The van der Waals surface area contributed by atoms with Gasteiger partial charge in [0.2, 0.25) is 5.69 Å². The summed E-state index contributed by atoms with van der Waals surface area (Å²) in [5.41, 5.74) is 7.30. The van der Waals surface area contributed by atoms with E-state index < -0.39 is 17.8 Å². The largest absolute Gasteiger partial charge is 1.00 e. The van der Waals surface area contributed by atoms with Crippen LogP contribution in [0.25, 0.3) is 21.5 Å². The van der Waals surface area contributed by atoms with Crippen molar-refractivity contribution in [3.63, 3.8) is 0 Å². The Morgan fingerprint density at radius 1 is 0.746 bits per heavy atom. The molecule has 59 heavy (non-hydrogen) atoms. The van der Waals surface area contributed by atoms with Gasteiger partial charge in [0.25, 0.3) is 11.8 Å². The summed E-state index contributed by atoms with van der Waals surface area (Å²) in [5.74, 6) is -1.44. The molecule has 1 fully saturated rings. The smallest absolute Gasteiger partial charge is 0.333 e. The molecule has 0 aromatic heterocycles. The van der Waals surface area contributed by atoms with Crippen LogP contribution >= 0.6 is 0 Å². The van der Waals surface area contributed by atoms with Gasteiger partial charge in [0.05, 0.1) is 5.41 Å². The average molecular weight is 818 g/mol. The van der Waals surface area contributed by atoms with Crippen LogP contribution in [0.1, 0.15) is 98.1 Å². The Morgan fingerprint density at radius 2 is 1.34 bits per heavy atom. The summed E-state index contributed by atoms with van der Waals surface area (Å²) in [6.07, 6.45) is 13.6. The van der Waals surface area contributed by atoms with Gasteiger partial charge in [-0.15, -0.1) is 5.06 Å². The van der Waals surface area contributed by atoms with E-state index in [2.05, 4.69) is 173 Å². The molecule has 0 radical (unpaired) electrons. The van der Waals surface area contributed by atoms with Crippen LogP contribution in [0, 0.1) is 0 Å². The second-order valence-electron chi connectivity index (χ2n) is 16.5. The van der Waals surface area contributed by atoms with Crippen molar-refractivity contribution in [3.05, 3.63) is 120 Å². The number of rotatable bonds is 13. The molecular weight excluding hydrogens is 756 g/mol. The normalized spacial score (nSPS) is 17.4. The van der Waals surface area contributed by atoms with Crippen LogP contribution in [-0.2, 0) is 30.1 Å². The lowest BCUT2D eigenvalue weighted by Crippen LogP contribution is -3.00. The summed E-state index contributed by atoms with van der Waals surface area (Å²) in [6.45, 7) is 20.2. The third kappa shape index (κ3) is 9.24. The maximum absolute atomic E-state index is 12.3. The minimum Gasteiger partial charge on any atom is -1.00 e. The number of carbonyl (C=O) groups excluding carboxylic acids is 3. The van der Waals surface area contributed by atoms with Gasteiger partial charge in [0, 0.05) is 60.3 Å². The first kappa shape index (κ1) is 45.0. The van der Waals surface area contributed by atoms with E-state index in [0.717, 1.165) is 19.4 Å². The van der Waals surface area contributed by atoms with E-state index in [1.54, 1.807) is 0 Å². The number of anilines is 1. The monoisotopic (exact) mass is 816 g/mol. The molecule has 0 atom stereocenters. The lowest BCUT2D eigenvalue weighted by Gasteiger charge is -2.27. The molecule has 0 spiro atoms. The molecule has 0 N–H and O–H groups in total. The topological polar surface area (TPSA) is 73.2 Å². The van der Waals surface area contributed by atoms with Crippen LogP contribution in [0.2, 0.25) is 0 Å². The molecule has 1 saturated heterocycles. The number of imide groups is 1. The molecule has 2 amide bonds. The second kappa shape index (κ2) is 19.3. The van der Waals surface area contributed by atoms with E-state index >= 15 is 0 Å². The van der Waals surface area contributed by atoms with Crippen molar-refractivity contribution in [1.82, 2.24) is 9.96 Å². The van der Waals surface area contributed by atoms with Crippen molar-refractivity contribution in [2.45, 2.75) is 97.8 Å². The third-order valence-electron chi connectivity index (χ3n) is 12.2. The molecule has 0 unspecified atom stereocenters.